The highest BCUT2D eigenvalue weighted by atomic mass is 16.5. The first-order valence-electron chi connectivity index (χ1n) is 13.1. The minimum absolute atomic E-state index is 0.175. The van der Waals surface area contributed by atoms with Crippen molar-refractivity contribution in [2.75, 3.05) is 13.3 Å². The molecule has 0 aliphatic carbocycles. The van der Waals surface area contributed by atoms with Gasteiger partial charge in [0.25, 0.3) is 6.01 Å². The van der Waals surface area contributed by atoms with Gasteiger partial charge in [-0.05, 0) is 72.5 Å². The van der Waals surface area contributed by atoms with Crippen LogP contribution < -0.4 is 9.47 Å². The Morgan fingerprint density at radius 3 is 2.63 bits per heavy atom. The Hall–Kier alpha value is -5.38. The van der Waals surface area contributed by atoms with Gasteiger partial charge in [-0.25, -0.2) is 9.79 Å². The molecule has 0 fully saturated rings. The Balaban J connectivity index is 1.37. The zero-order chi connectivity index (χ0) is 28.3. The summed E-state index contributed by atoms with van der Waals surface area (Å²) in [6.07, 6.45) is 3.42. The number of aromatic nitrogens is 3. The summed E-state index contributed by atoms with van der Waals surface area (Å²) in [7, 11) is 0. The third-order valence-corrected chi connectivity index (χ3v) is 6.74. The van der Waals surface area contributed by atoms with Crippen LogP contribution in [0.1, 0.15) is 34.0 Å². The highest BCUT2D eigenvalue weighted by Gasteiger charge is 2.20. The van der Waals surface area contributed by atoms with Crippen molar-refractivity contribution < 1.29 is 19.4 Å². The van der Waals surface area contributed by atoms with E-state index in [4.69, 9.17) is 9.47 Å². The monoisotopic (exact) mass is 546 g/mol. The average Bonchev–Trinajstić information content (AvgIpc) is 3.64. The standard InChI is InChI=1S/C31H26N6O4/c1-3-40-31-35-26-6-4-5-24(30(38)39)28(26)37(31)17-20-7-9-21(10-8-20)25-15-22(41-27-16-32-14-13-19(27)2)11-12-23(25)29-33-18-34-36-29/h4-16H,3,17-18H2,1-2H3,(H,38,39). The number of benzene rings is 3. The maximum absolute atomic E-state index is 12.0. The maximum Gasteiger partial charge on any atom is 0.337 e. The van der Waals surface area contributed by atoms with Gasteiger partial charge in [0.1, 0.15) is 11.5 Å². The average molecular weight is 547 g/mol. The van der Waals surface area contributed by atoms with Crippen LogP contribution in [0.2, 0.25) is 0 Å². The molecule has 0 unspecified atom stereocenters. The largest absolute Gasteiger partial charge is 0.478 e. The molecule has 204 valence electrons. The second-order valence-corrected chi connectivity index (χ2v) is 9.40. The van der Waals surface area contributed by atoms with E-state index in [-0.39, 0.29) is 5.56 Å². The van der Waals surface area contributed by atoms with Gasteiger partial charge in [-0.2, -0.15) is 10.1 Å². The lowest BCUT2D eigenvalue weighted by atomic mass is 9.97. The van der Waals surface area contributed by atoms with Crippen LogP contribution in [-0.2, 0) is 6.54 Å². The lowest BCUT2D eigenvalue weighted by Crippen LogP contribution is -2.08. The number of hydrogen-bond donors (Lipinski definition) is 1. The first-order valence-corrected chi connectivity index (χ1v) is 13.1. The molecule has 5 aromatic rings. The van der Waals surface area contributed by atoms with E-state index in [1.807, 2.05) is 62.4 Å². The molecule has 0 atom stereocenters. The molecule has 10 nitrogen and oxygen atoms in total. The molecule has 2 aromatic heterocycles. The van der Waals surface area contributed by atoms with E-state index in [2.05, 4.69) is 25.2 Å². The molecule has 0 spiro atoms. The van der Waals surface area contributed by atoms with Gasteiger partial charge >= 0.3 is 5.97 Å². The SMILES string of the molecule is CCOc1nc2cccc(C(=O)O)c2n1Cc1ccc(-c2cc(Oc3cnccc3C)ccc2C2=NCN=N2)cc1. The highest BCUT2D eigenvalue weighted by Crippen LogP contribution is 2.33. The zero-order valence-corrected chi connectivity index (χ0v) is 22.5. The molecule has 1 aliphatic rings. The lowest BCUT2D eigenvalue weighted by Gasteiger charge is -2.14. The van der Waals surface area contributed by atoms with E-state index in [0.29, 0.717) is 54.2 Å². The second kappa shape index (κ2) is 11.0. The topological polar surface area (TPSA) is 124 Å². The van der Waals surface area contributed by atoms with Gasteiger partial charge in [-0.1, -0.05) is 30.3 Å². The number of aliphatic imine (C=N–C) groups is 1. The molecular formula is C31H26N6O4. The van der Waals surface area contributed by atoms with Gasteiger partial charge in [0.15, 0.2) is 12.5 Å². The summed E-state index contributed by atoms with van der Waals surface area (Å²) in [5, 5.41) is 18.0. The molecule has 1 aliphatic heterocycles. The molecule has 1 N–H and O–H groups in total. The second-order valence-electron chi connectivity index (χ2n) is 9.40. The van der Waals surface area contributed by atoms with Crippen molar-refractivity contribution in [3.8, 4) is 28.6 Å². The number of carbonyl (C=O) groups is 1. The van der Waals surface area contributed by atoms with Crippen LogP contribution >= 0.6 is 0 Å². The van der Waals surface area contributed by atoms with Gasteiger partial charge in [-0.15, -0.1) is 5.11 Å². The summed E-state index contributed by atoms with van der Waals surface area (Å²) in [4.78, 5) is 25.1. The summed E-state index contributed by atoms with van der Waals surface area (Å²) in [5.74, 6) is 0.892. The lowest BCUT2D eigenvalue weighted by molar-refractivity contribution is 0.0698. The summed E-state index contributed by atoms with van der Waals surface area (Å²) >= 11 is 0. The van der Waals surface area contributed by atoms with Crippen molar-refractivity contribution in [2.45, 2.75) is 20.4 Å². The molecule has 3 heterocycles. The normalized spacial score (nSPS) is 12.5. The van der Waals surface area contributed by atoms with Crippen molar-refractivity contribution in [1.82, 2.24) is 14.5 Å². The smallest absolute Gasteiger partial charge is 0.337 e. The van der Waals surface area contributed by atoms with Crippen LogP contribution in [0.4, 0.5) is 0 Å². The molecule has 3 aromatic carbocycles. The van der Waals surface area contributed by atoms with Crippen LogP contribution in [0.5, 0.6) is 17.5 Å². The minimum Gasteiger partial charge on any atom is -0.478 e. The Kier molecular flexibility index (Phi) is 6.95. The van der Waals surface area contributed by atoms with Crippen LogP contribution in [0.15, 0.2) is 94.3 Å². The zero-order valence-electron chi connectivity index (χ0n) is 22.5. The molecular weight excluding hydrogens is 520 g/mol. The van der Waals surface area contributed by atoms with E-state index in [1.54, 1.807) is 35.2 Å². The Labute approximate surface area is 235 Å². The summed E-state index contributed by atoms with van der Waals surface area (Å²) < 4.78 is 13.7. The predicted octanol–water partition coefficient (Wildman–Crippen LogP) is 6.51. The molecule has 0 radical (unpaired) electrons. The summed E-state index contributed by atoms with van der Waals surface area (Å²) in [5.41, 5.74) is 5.88. The van der Waals surface area contributed by atoms with E-state index < -0.39 is 5.97 Å². The molecule has 41 heavy (non-hydrogen) atoms. The van der Waals surface area contributed by atoms with Crippen molar-refractivity contribution in [2.24, 2.45) is 15.2 Å². The maximum atomic E-state index is 12.0. The van der Waals surface area contributed by atoms with Gasteiger partial charge in [0, 0.05) is 11.8 Å². The number of pyridine rings is 1. The number of aromatic carboxylic acids is 1. The molecule has 0 saturated heterocycles. The van der Waals surface area contributed by atoms with Crippen molar-refractivity contribution >= 4 is 22.8 Å². The Morgan fingerprint density at radius 2 is 1.90 bits per heavy atom. The number of aryl methyl sites for hydroxylation is 1. The molecule has 0 bridgehead atoms. The number of nitrogens with zero attached hydrogens (tertiary/aromatic N) is 6. The fourth-order valence-corrected chi connectivity index (χ4v) is 4.77. The Morgan fingerprint density at radius 1 is 1.05 bits per heavy atom. The number of imidazole rings is 1. The van der Waals surface area contributed by atoms with Crippen molar-refractivity contribution in [3.63, 3.8) is 0 Å². The number of azo groups is 1. The molecule has 0 saturated carbocycles. The number of amidine groups is 1. The van der Waals surface area contributed by atoms with Gasteiger partial charge in [0.05, 0.1) is 35.9 Å². The summed E-state index contributed by atoms with van der Waals surface area (Å²) in [6.45, 7) is 4.94. The summed E-state index contributed by atoms with van der Waals surface area (Å²) in [6, 6.07) is 21.1. The number of fused-ring (bicyclic) bond motifs is 1. The van der Waals surface area contributed by atoms with Crippen LogP contribution in [-0.4, -0.2) is 44.7 Å². The number of rotatable bonds is 9. The van der Waals surface area contributed by atoms with Crippen LogP contribution in [0, 0.1) is 6.92 Å². The number of carboxylic acid groups (broad SMARTS) is 1. The third kappa shape index (κ3) is 5.14. The van der Waals surface area contributed by atoms with Crippen LogP contribution in [0.3, 0.4) is 0 Å². The minimum atomic E-state index is -1.02. The third-order valence-electron chi connectivity index (χ3n) is 6.74. The van der Waals surface area contributed by atoms with E-state index in [1.165, 1.54) is 0 Å². The van der Waals surface area contributed by atoms with Gasteiger partial charge in [0.2, 0.25) is 0 Å². The predicted molar refractivity (Wildman–Crippen MR) is 154 cm³/mol. The van der Waals surface area contributed by atoms with Crippen molar-refractivity contribution in [1.29, 1.82) is 0 Å². The molecule has 6 rings (SSSR count). The van der Waals surface area contributed by atoms with Gasteiger partial charge in [-0.3, -0.25) is 9.55 Å². The van der Waals surface area contributed by atoms with E-state index in [9.17, 15) is 9.90 Å². The fourth-order valence-electron chi connectivity index (χ4n) is 4.77. The number of ether oxygens (including phenoxy) is 2. The quantitative estimate of drug-likeness (QED) is 0.225. The molecule has 10 heteroatoms. The fraction of sp³-hybridized carbons (Fsp3) is 0.161. The first kappa shape index (κ1) is 25.9. The molecule has 0 amide bonds. The van der Waals surface area contributed by atoms with E-state index in [0.717, 1.165) is 27.8 Å². The highest BCUT2D eigenvalue weighted by molar-refractivity contribution is 6.05. The first-order chi connectivity index (χ1) is 20.0. The number of para-hydroxylation sites is 1. The number of carboxylic acids is 1. The van der Waals surface area contributed by atoms with Gasteiger partial charge < -0.3 is 14.6 Å². The van der Waals surface area contributed by atoms with E-state index >= 15 is 0 Å². The van der Waals surface area contributed by atoms with Crippen LogP contribution in [0.25, 0.3) is 22.2 Å². The van der Waals surface area contributed by atoms with Crippen molar-refractivity contribution in [3.05, 3.63) is 101 Å². The Bertz CT molecular complexity index is 1820. The number of hydrogen-bond acceptors (Lipinski definition) is 8.